The lowest BCUT2D eigenvalue weighted by atomic mass is 9.94. The van der Waals surface area contributed by atoms with Crippen molar-refractivity contribution in [1.82, 2.24) is 15.3 Å². The Morgan fingerprint density at radius 3 is 3.07 bits per heavy atom. The Kier molecular flexibility index (Phi) is 4.55. The zero-order valence-electron chi connectivity index (χ0n) is 15.2. The number of fused-ring (bicyclic) bond motifs is 2. The van der Waals surface area contributed by atoms with Crippen LogP contribution in [-0.2, 0) is 0 Å². The fourth-order valence-electron chi connectivity index (χ4n) is 3.94. The number of pyridine rings is 1. The second-order valence-corrected chi connectivity index (χ2v) is 9.18. The van der Waals surface area contributed by atoms with Gasteiger partial charge in [0.25, 0.3) is 0 Å². The lowest BCUT2D eigenvalue weighted by Gasteiger charge is -2.20. The minimum atomic E-state index is 0.518. The van der Waals surface area contributed by atoms with Gasteiger partial charge in [-0.05, 0) is 56.6 Å². The molecule has 5 rings (SSSR count). The molecule has 1 saturated heterocycles. The van der Waals surface area contributed by atoms with E-state index in [9.17, 15) is 0 Å². The Hall–Kier alpha value is -2.02. The van der Waals surface area contributed by atoms with Crippen molar-refractivity contribution in [2.24, 2.45) is 0 Å². The Balaban J connectivity index is 1.50. The van der Waals surface area contributed by atoms with Crippen LogP contribution in [0.4, 0.5) is 11.4 Å². The van der Waals surface area contributed by atoms with E-state index in [1.54, 1.807) is 11.3 Å². The van der Waals surface area contributed by atoms with Crippen LogP contribution >= 0.6 is 22.7 Å². The van der Waals surface area contributed by atoms with Crippen molar-refractivity contribution < 1.29 is 0 Å². The maximum atomic E-state index is 4.64. The second kappa shape index (κ2) is 7.19. The third-order valence-corrected chi connectivity index (χ3v) is 7.43. The third-order valence-electron chi connectivity index (χ3n) is 5.44. The van der Waals surface area contributed by atoms with Gasteiger partial charge in [0.05, 0.1) is 21.4 Å². The lowest BCUT2D eigenvalue weighted by Crippen LogP contribution is -2.30. The molecule has 1 aliphatic rings. The molecule has 0 aliphatic carbocycles. The third kappa shape index (κ3) is 3.33. The number of nitrogens with one attached hydrogen (secondary N) is 2. The summed E-state index contributed by atoms with van der Waals surface area (Å²) >= 11 is 3.52. The number of rotatable bonds is 3. The summed E-state index contributed by atoms with van der Waals surface area (Å²) in [6.07, 6.45) is 5.73. The van der Waals surface area contributed by atoms with E-state index in [2.05, 4.69) is 57.9 Å². The molecule has 0 saturated carbocycles. The average molecular weight is 395 g/mol. The summed E-state index contributed by atoms with van der Waals surface area (Å²) in [4.78, 5) is 11.6. The van der Waals surface area contributed by atoms with E-state index in [0.717, 1.165) is 28.3 Å². The van der Waals surface area contributed by atoms with E-state index >= 15 is 0 Å². The molecule has 138 valence electrons. The van der Waals surface area contributed by atoms with Gasteiger partial charge >= 0.3 is 0 Å². The van der Waals surface area contributed by atoms with Crippen LogP contribution in [0, 0.1) is 0 Å². The Morgan fingerprint density at radius 1 is 1.15 bits per heavy atom. The standard InChI is InChI=1S/C21H22N4S2/c1-13-15(4-2-3-8-22-13)20-11-16-17(7-9-23-21(16)27-20)25-14-5-6-19-18(10-14)24-12-26-19/h5-7,9-13,15,22H,2-4,8H2,1H3,(H,23,25). The second-order valence-electron chi connectivity index (χ2n) is 7.23. The first-order valence-electron chi connectivity index (χ1n) is 9.50. The molecule has 27 heavy (non-hydrogen) atoms. The number of thiazole rings is 1. The fourth-order valence-corrected chi connectivity index (χ4v) is 5.87. The first-order chi connectivity index (χ1) is 13.3. The van der Waals surface area contributed by atoms with Crippen LogP contribution in [-0.4, -0.2) is 22.6 Å². The van der Waals surface area contributed by atoms with Crippen molar-refractivity contribution >= 4 is 54.5 Å². The number of anilines is 2. The molecule has 1 aromatic carbocycles. The number of thiophene rings is 1. The number of hydrogen-bond acceptors (Lipinski definition) is 6. The molecular formula is C21H22N4S2. The monoisotopic (exact) mass is 394 g/mol. The largest absolute Gasteiger partial charge is 0.355 e. The summed E-state index contributed by atoms with van der Waals surface area (Å²) in [5.41, 5.74) is 5.12. The molecular weight excluding hydrogens is 372 g/mol. The Labute approximate surface area is 166 Å². The predicted molar refractivity (Wildman–Crippen MR) is 117 cm³/mol. The first-order valence-corrected chi connectivity index (χ1v) is 11.2. The summed E-state index contributed by atoms with van der Waals surface area (Å²) in [7, 11) is 0. The van der Waals surface area contributed by atoms with Gasteiger partial charge in [-0.25, -0.2) is 9.97 Å². The highest BCUT2D eigenvalue weighted by molar-refractivity contribution is 7.18. The van der Waals surface area contributed by atoms with Crippen LogP contribution in [0.5, 0.6) is 0 Å². The molecule has 4 heterocycles. The molecule has 4 nitrogen and oxygen atoms in total. The molecule has 1 aliphatic heterocycles. The molecule has 2 N–H and O–H groups in total. The number of aromatic nitrogens is 2. The number of nitrogens with zero attached hydrogens (tertiary/aromatic N) is 2. The van der Waals surface area contributed by atoms with Crippen LogP contribution in [0.15, 0.2) is 42.0 Å². The molecule has 4 aromatic rings. The lowest BCUT2D eigenvalue weighted by molar-refractivity contribution is 0.488. The van der Waals surface area contributed by atoms with Crippen LogP contribution in [0.25, 0.3) is 20.4 Å². The van der Waals surface area contributed by atoms with E-state index in [1.165, 1.54) is 34.2 Å². The van der Waals surface area contributed by atoms with Gasteiger partial charge in [0.1, 0.15) is 4.83 Å². The van der Waals surface area contributed by atoms with Crippen molar-refractivity contribution in [1.29, 1.82) is 0 Å². The summed E-state index contributed by atoms with van der Waals surface area (Å²) < 4.78 is 1.22. The van der Waals surface area contributed by atoms with Crippen molar-refractivity contribution in [3.05, 3.63) is 46.9 Å². The van der Waals surface area contributed by atoms with Crippen molar-refractivity contribution in [3.8, 4) is 0 Å². The molecule has 2 unspecified atom stereocenters. The molecule has 0 amide bonds. The maximum absolute atomic E-state index is 4.64. The normalized spacial score (nSPS) is 20.8. The molecule has 0 spiro atoms. The zero-order chi connectivity index (χ0) is 18.2. The highest BCUT2D eigenvalue weighted by Crippen LogP contribution is 2.38. The summed E-state index contributed by atoms with van der Waals surface area (Å²) in [5, 5.41) is 8.47. The van der Waals surface area contributed by atoms with E-state index in [-0.39, 0.29) is 0 Å². The van der Waals surface area contributed by atoms with Gasteiger partial charge in [-0.3, -0.25) is 0 Å². The Morgan fingerprint density at radius 2 is 2.11 bits per heavy atom. The van der Waals surface area contributed by atoms with Crippen molar-refractivity contribution in [2.75, 3.05) is 11.9 Å². The van der Waals surface area contributed by atoms with Gasteiger partial charge < -0.3 is 10.6 Å². The summed E-state index contributed by atoms with van der Waals surface area (Å²) in [5.74, 6) is 0.575. The zero-order valence-corrected chi connectivity index (χ0v) is 16.9. The van der Waals surface area contributed by atoms with Crippen LogP contribution in [0.1, 0.15) is 37.0 Å². The minimum absolute atomic E-state index is 0.518. The van der Waals surface area contributed by atoms with Gasteiger partial charge in [0, 0.05) is 34.1 Å². The van der Waals surface area contributed by atoms with E-state index in [1.807, 2.05) is 23.0 Å². The summed E-state index contributed by atoms with van der Waals surface area (Å²) in [6.45, 7) is 3.45. The van der Waals surface area contributed by atoms with Gasteiger partial charge in [0.2, 0.25) is 0 Å². The predicted octanol–water partition coefficient (Wildman–Crippen LogP) is 5.90. The summed E-state index contributed by atoms with van der Waals surface area (Å²) in [6, 6.07) is 11.3. The van der Waals surface area contributed by atoms with Crippen LogP contribution in [0.3, 0.4) is 0 Å². The topological polar surface area (TPSA) is 49.8 Å². The SMILES string of the molecule is CC1NCCCCC1c1cc2c(Nc3ccc4scnc4c3)ccnc2s1. The smallest absolute Gasteiger partial charge is 0.125 e. The van der Waals surface area contributed by atoms with Crippen LogP contribution < -0.4 is 10.6 Å². The van der Waals surface area contributed by atoms with Gasteiger partial charge in [0.15, 0.2) is 0 Å². The Bertz CT molecular complexity index is 1080. The quantitative estimate of drug-likeness (QED) is 0.454. The highest BCUT2D eigenvalue weighted by Gasteiger charge is 2.23. The van der Waals surface area contributed by atoms with E-state index in [0.29, 0.717) is 12.0 Å². The average Bonchev–Trinajstić information content (AvgIpc) is 3.26. The maximum Gasteiger partial charge on any atom is 0.125 e. The van der Waals surface area contributed by atoms with Gasteiger partial charge in [-0.15, -0.1) is 22.7 Å². The molecule has 2 atom stereocenters. The van der Waals surface area contributed by atoms with E-state index < -0.39 is 0 Å². The fraction of sp³-hybridized carbons (Fsp3) is 0.333. The van der Waals surface area contributed by atoms with Crippen molar-refractivity contribution in [3.63, 3.8) is 0 Å². The molecule has 0 radical (unpaired) electrons. The first kappa shape index (κ1) is 17.1. The molecule has 1 fully saturated rings. The number of hydrogen-bond donors (Lipinski definition) is 2. The highest BCUT2D eigenvalue weighted by atomic mass is 32.1. The molecule has 3 aromatic heterocycles. The minimum Gasteiger partial charge on any atom is -0.355 e. The number of benzene rings is 1. The van der Waals surface area contributed by atoms with Gasteiger partial charge in [-0.2, -0.15) is 0 Å². The molecule has 0 bridgehead atoms. The van der Waals surface area contributed by atoms with Crippen molar-refractivity contribution in [2.45, 2.75) is 38.1 Å². The van der Waals surface area contributed by atoms with E-state index in [4.69, 9.17) is 0 Å². The van der Waals surface area contributed by atoms with Gasteiger partial charge in [-0.1, -0.05) is 6.42 Å². The molecule has 6 heteroatoms. The van der Waals surface area contributed by atoms with Crippen LogP contribution in [0.2, 0.25) is 0 Å².